The summed E-state index contributed by atoms with van der Waals surface area (Å²) in [5, 5.41) is 0. The highest BCUT2D eigenvalue weighted by Crippen LogP contribution is 2.42. The first-order chi connectivity index (χ1) is 13.1. The number of aromatic nitrogens is 2. The molecule has 2 saturated heterocycles. The van der Waals surface area contributed by atoms with Crippen molar-refractivity contribution in [1.29, 1.82) is 0 Å². The fourth-order valence-corrected chi connectivity index (χ4v) is 5.42. The third-order valence-electron chi connectivity index (χ3n) is 7.08. The summed E-state index contributed by atoms with van der Waals surface area (Å²) in [7, 11) is 0. The molecule has 3 atom stereocenters. The Balaban J connectivity index is 1.48. The van der Waals surface area contributed by atoms with Crippen LogP contribution in [0.4, 0.5) is 0 Å². The molecular weight excluding hydrogens is 340 g/mol. The number of H-pyrrole nitrogens is 1. The Kier molecular flexibility index (Phi) is 5.27. The molecule has 4 heterocycles. The number of piperidine rings is 1. The van der Waals surface area contributed by atoms with Crippen molar-refractivity contribution < 1.29 is 4.79 Å². The second-order valence-corrected chi connectivity index (χ2v) is 8.46. The number of fused-ring (bicyclic) bond motifs is 2. The summed E-state index contributed by atoms with van der Waals surface area (Å²) >= 11 is 0. The van der Waals surface area contributed by atoms with E-state index in [2.05, 4.69) is 46.4 Å². The normalized spacial score (nSPS) is 30.6. The van der Waals surface area contributed by atoms with Gasteiger partial charge in [-0.25, -0.2) is 10.4 Å². The molecule has 7 heteroatoms. The third-order valence-corrected chi connectivity index (χ3v) is 7.08. The molecule has 7 nitrogen and oxygen atoms in total. The molecule has 0 radical (unpaired) electrons. The zero-order chi connectivity index (χ0) is 19.0. The second-order valence-electron chi connectivity index (χ2n) is 8.46. The predicted molar refractivity (Wildman–Crippen MR) is 105 cm³/mol. The van der Waals surface area contributed by atoms with E-state index < -0.39 is 0 Å². The van der Waals surface area contributed by atoms with Crippen LogP contribution >= 0.6 is 0 Å². The van der Waals surface area contributed by atoms with Crippen LogP contribution in [-0.4, -0.2) is 63.9 Å². The van der Waals surface area contributed by atoms with E-state index in [1.54, 1.807) is 0 Å². The van der Waals surface area contributed by atoms with Gasteiger partial charge in [-0.1, -0.05) is 20.8 Å². The Morgan fingerprint density at radius 1 is 1.26 bits per heavy atom. The number of nitrogens with one attached hydrogen (secondary N) is 3. The van der Waals surface area contributed by atoms with Gasteiger partial charge in [0.25, 0.3) is 0 Å². The lowest BCUT2D eigenvalue weighted by molar-refractivity contribution is -0.137. The van der Waals surface area contributed by atoms with Gasteiger partial charge in [0.2, 0.25) is 5.91 Å². The van der Waals surface area contributed by atoms with Gasteiger partial charge in [0.15, 0.2) is 0 Å². The minimum atomic E-state index is -0.108. The molecule has 1 aromatic heterocycles. The van der Waals surface area contributed by atoms with E-state index in [0.717, 1.165) is 58.3 Å². The number of imidazole rings is 1. The number of carbonyl (C=O) groups is 1. The van der Waals surface area contributed by atoms with Crippen molar-refractivity contribution in [1.82, 2.24) is 30.6 Å². The number of hydrogen-bond donors (Lipinski definition) is 3. The van der Waals surface area contributed by atoms with E-state index in [1.165, 1.54) is 11.4 Å². The lowest BCUT2D eigenvalue weighted by Gasteiger charge is -2.51. The van der Waals surface area contributed by atoms with Crippen LogP contribution in [0, 0.1) is 5.92 Å². The molecule has 1 amide bonds. The van der Waals surface area contributed by atoms with Gasteiger partial charge in [0, 0.05) is 37.8 Å². The van der Waals surface area contributed by atoms with Gasteiger partial charge in [-0.15, -0.1) is 0 Å². The van der Waals surface area contributed by atoms with Crippen LogP contribution in [0.3, 0.4) is 0 Å². The Hall–Kier alpha value is -1.44. The summed E-state index contributed by atoms with van der Waals surface area (Å²) in [6.07, 6.45) is 7.03. The molecule has 1 aromatic rings. The molecule has 27 heavy (non-hydrogen) atoms. The van der Waals surface area contributed by atoms with Crippen molar-refractivity contribution >= 4 is 5.91 Å². The largest absolute Gasteiger partial charge is 0.348 e. The van der Waals surface area contributed by atoms with Gasteiger partial charge in [0.1, 0.15) is 6.04 Å². The van der Waals surface area contributed by atoms with Crippen molar-refractivity contribution in [2.75, 3.05) is 26.2 Å². The van der Waals surface area contributed by atoms with Crippen LogP contribution in [0.2, 0.25) is 0 Å². The maximum atomic E-state index is 13.1. The SMILES string of the molecule is CCCN1CCc2[nH]cnc2C12CCN(C(=O)C1NNC(CC)C1C)CC2. The van der Waals surface area contributed by atoms with Crippen molar-refractivity contribution in [2.24, 2.45) is 5.92 Å². The first-order valence-electron chi connectivity index (χ1n) is 10.7. The highest BCUT2D eigenvalue weighted by atomic mass is 16.2. The van der Waals surface area contributed by atoms with E-state index in [4.69, 9.17) is 4.98 Å². The summed E-state index contributed by atoms with van der Waals surface area (Å²) in [6.45, 7) is 10.4. The zero-order valence-corrected chi connectivity index (χ0v) is 16.9. The average Bonchev–Trinajstić information content (AvgIpc) is 3.31. The monoisotopic (exact) mass is 374 g/mol. The molecule has 3 N–H and O–H groups in total. The fourth-order valence-electron chi connectivity index (χ4n) is 5.42. The predicted octanol–water partition coefficient (Wildman–Crippen LogP) is 1.39. The number of hydrogen-bond acceptors (Lipinski definition) is 5. The van der Waals surface area contributed by atoms with Crippen molar-refractivity contribution in [3.8, 4) is 0 Å². The minimum Gasteiger partial charge on any atom is -0.348 e. The number of rotatable bonds is 4. The lowest BCUT2D eigenvalue weighted by atomic mass is 9.78. The van der Waals surface area contributed by atoms with Gasteiger partial charge in [-0.2, -0.15) is 0 Å². The van der Waals surface area contributed by atoms with Crippen molar-refractivity contribution in [3.63, 3.8) is 0 Å². The summed E-state index contributed by atoms with van der Waals surface area (Å²) in [6, 6.07) is 0.267. The van der Waals surface area contributed by atoms with Gasteiger partial charge in [-0.05, 0) is 38.1 Å². The molecule has 2 fully saturated rings. The molecule has 0 bridgehead atoms. The van der Waals surface area contributed by atoms with E-state index in [1.807, 2.05) is 6.33 Å². The number of aromatic amines is 1. The van der Waals surface area contributed by atoms with Crippen LogP contribution in [0.1, 0.15) is 57.8 Å². The molecular formula is C20H34N6O. The molecule has 3 unspecified atom stereocenters. The second kappa shape index (κ2) is 7.53. The van der Waals surface area contributed by atoms with Gasteiger partial charge >= 0.3 is 0 Å². The van der Waals surface area contributed by atoms with Crippen LogP contribution in [0.25, 0.3) is 0 Å². The smallest absolute Gasteiger partial charge is 0.241 e. The van der Waals surface area contributed by atoms with Crippen LogP contribution in [0.15, 0.2) is 6.33 Å². The quantitative estimate of drug-likeness (QED) is 0.742. The minimum absolute atomic E-state index is 0.000697. The highest BCUT2D eigenvalue weighted by molar-refractivity contribution is 5.82. The van der Waals surface area contributed by atoms with Gasteiger partial charge in [0.05, 0.1) is 17.6 Å². The number of likely N-dealkylation sites (tertiary alicyclic amines) is 1. The summed E-state index contributed by atoms with van der Waals surface area (Å²) in [4.78, 5) is 25.9. The Morgan fingerprint density at radius 3 is 2.70 bits per heavy atom. The molecule has 0 aliphatic carbocycles. The summed E-state index contributed by atoms with van der Waals surface area (Å²) < 4.78 is 0. The first kappa shape index (κ1) is 18.9. The topological polar surface area (TPSA) is 76.3 Å². The molecule has 150 valence electrons. The Bertz CT molecular complexity index is 665. The summed E-state index contributed by atoms with van der Waals surface area (Å²) in [5.41, 5.74) is 9.07. The maximum absolute atomic E-state index is 13.1. The Morgan fingerprint density at radius 2 is 2.04 bits per heavy atom. The average molecular weight is 375 g/mol. The van der Waals surface area contributed by atoms with Gasteiger partial charge in [-0.3, -0.25) is 15.1 Å². The number of hydrazine groups is 1. The zero-order valence-electron chi connectivity index (χ0n) is 16.9. The maximum Gasteiger partial charge on any atom is 0.241 e. The molecule has 0 saturated carbocycles. The molecule has 3 aliphatic rings. The van der Waals surface area contributed by atoms with E-state index in [0.29, 0.717) is 12.0 Å². The van der Waals surface area contributed by atoms with Crippen molar-refractivity contribution in [3.05, 3.63) is 17.7 Å². The van der Waals surface area contributed by atoms with E-state index >= 15 is 0 Å². The molecule has 3 aliphatic heterocycles. The van der Waals surface area contributed by atoms with Crippen LogP contribution in [0.5, 0.6) is 0 Å². The van der Waals surface area contributed by atoms with E-state index in [9.17, 15) is 4.79 Å². The van der Waals surface area contributed by atoms with Crippen LogP contribution in [-0.2, 0) is 16.8 Å². The number of amides is 1. The van der Waals surface area contributed by atoms with E-state index in [-0.39, 0.29) is 17.5 Å². The number of carbonyl (C=O) groups excluding carboxylic acids is 1. The molecule has 4 rings (SSSR count). The molecule has 1 spiro atoms. The summed E-state index contributed by atoms with van der Waals surface area (Å²) in [5.74, 6) is 0.573. The Labute approximate surface area is 162 Å². The molecule has 0 aromatic carbocycles. The standard InChI is InChI=1S/C20H34N6O/c1-4-9-26-10-6-16-18(22-13-21-16)20(26)7-11-25(12-8-20)19(27)17-14(3)15(5-2)23-24-17/h13-15,17,23-24H,4-12H2,1-3H3,(H,21,22). The van der Waals surface area contributed by atoms with Gasteiger partial charge < -0.3 is 9.88 Å². The van der Waals surface area contributed by atoms with Crippen LogP contribution < -0.4 is 10.9 Å². The fraction of sp³-hybridized carbons (Fsp3) is 0.800. The third kappa shape index (κ3) is 3.09. The number of nitrogens with zero attached hydrogens (tertiary/aromatic N) is 3. The van der Waals surface area contributed by atoms with Crippen molar-refractivity contribution in [2.45, 2.75) is 70.5 Å². The highest BCUT2D eigenvalue weighted by Gasteiger charge is 2.48. The first-order valence-corrected chi connectivity index (χ1v) is 10.7. The lowest BCUT2D eigenvalue weighted by Crippen LogP contribution is -2.59.